The van der Waals surface area contributed by atoms with E-state index in [0.717, 1.165) is 12.1 Å². The quantitative estimate of drug-likeness (QED) is 0.701. The minimum absolute atomic E-state index is 0.0262. The average molecular weight is 352 g/mol. The largest absolute Gasteiger partial charge is 0.493 e. The van der Waals surface area contributed by atoms with E-state index in [1.54, 1.807) is 33.5 Å². The smallest absolute Gasteiger partial charge is 0.224 e. The molecule has 1 amide bonds. The summed E-state index contributed by atoms with van der Waals surface area (Å²) < 4.78 is 15.9. The molecule has 0 saturated carbocycles. The number of rotatable bonds is 10. The van der Waals surface area contributed by atoms with Crippen LogP contribution in [0.15, 0.2) is 12.1 Å². The molecule has 1 rings (SSSR count). The van der Waals surface area contributed by atoms with E-state index in [4.69, 9.17) is 14.2 Å². The molecule has 0 bridgehead atoms. The third kappa shape index (κ3) is 6.12. The van der Waals surface area contributed by atoms with E-state index in [2.05, 4.69) is 37.9 Å². The fourth-order valence-electron chi connectivity index (χ4n) is 2.92. The molecule has 0 fully saturated rings. The van der Waals surface area contributed by atoms with E-state index in [1.165, 1.54) is 0 Å². The SMILES string of the molecule is COc1cc(CC(=O)NCCN(C(C)C)C(C)C)cc(OC)c1OC. The number of carbonyl (C=O) groups excluding carboxylic acids is 1. The predicted octanol–water partition coefficient (Wildman–Crippen LogP) is 2.49. The van der Waals surface area contributed by atoms with Crippen LogP contribution >= 0.6 is 0 Å². The van der Waals surface area contributed by atoms with Crippen LogP contribution in [0, 0.1) is 0 Å². The summed E-state index contributed by atoms with van der Waals surface area (Å²) in [4.78, 5) is 14.6. The highest BCUT2D eigenvalue weighted by Gasteiger charge is 2.16. The van der Waals surface area contributed by atoms with Crippen molar-refractivity contribution in [3.8, 4) is 17.2 Å². The molecule has 0 unspecified atom stereocenters. The Balaban J connectivity index is 2.68. The van der Waals surface area contributed by atoms with E-state index in [-0.39, 0.29) is 12.3 Å². The van der Waals surface area contributed by atoms with E-state index in [0.29, 0.717) is 35.9 Å². The van der Waals surface area contributed by atoms with Crippen LogP contribution < -0.4 is 19.5 Å². The first-order valence-electron chi connectivity index (χ1n) is 8.65. The number of nitrogens with one attached hydrogen (secondary N) is 1. The summed E-state index contributed by atoms with van der Waals surface area (Å²) in [7, 11) is 4.68. The van der Waals surface area contributed by atoms with Gasteiger partial charge in [0.25, 0.3) is 0 Å². The fraction of sp³-hybridized carbons (Fsp3) is 0.632. The third-order valence-corrected chi connectivity index (χ3v) is 4.11. The number of amides is 1. The molecular formula is C19H32N2O4. The van der Waals surface area contributed by atoms with E-state index >= 15 is 0 Å². The van der Waals surface area contributed by atoms with Gasteiger partial charge in [-0.3, -0.25) is 9.69 Å². The Hall–Kier alpha value is -1.95. The lowest BCUT2D eigenvalue weighted by molar-refractivity contribution is -0.120. The third-order valence-electron chi connectivity index (χ3n) is 4.11. The van der Waals surface area contributed by atoms with Crippen molar-refractivity contribution in [3.63, 3.8) is 0 Å². The van der Waals surface area contributed by atoms with Gasteiger partial charge in [-0.2, -0.15) is 0 Å². The second-order valence-corrected chi connectivity index (χ2v) is 6.49. The van der Waals surface area contributed by atoms with Crippen molar-refractivity contribution < 1.29 is 19.0 Å². The van der Waals surface area contributed by atoms with Gasteiger partial charge in [-0.15, -0.1) is 0 Å². The Morgan fingerprint density at radius 1 is 1.00 bits per heavy atom. The lowest BCUT2D eigenvalue weighted by atomic mass is 10.1. The highest BCUT2D eigenvalue weighted by molar-refractivity contribution is 5.79. The summed E-state index contributed by atoms with van der Waals surface area (Å²) in [5, 5.41) is 2.98. The average Bonchev–Trinajstić information content (AvgIpc) is 2.56. The summed E-state index contributed by atoms with van der Waals surface area (Å²) >= 11 is 0. The molecule has 6 nitrogen and oxygen atoms in total. The molecule has 0 atom stereocenters. The van der Waals surface area contributed by atoms with Crippen molar-refractivity contribution in [2.45, 2.75) is 46.2 Å². The fourth-order valence-corrected chi connectivity index (χ4v) is 2.92. The van der Waals surface area contributed by atoms with Gasteiger partial charge in [0.15, 0.2) is 11.5 Å². The molecule has 1 N–H and O–H groups in total. The second-order valence-electron chi connectivity index (χ2n) is 6.49. The van der Waals surface area contributed by atoms with Crippen LogP contribution in [0.4, 0.5) is 0 Å². The standard InChI is InChI=1S/C19H32N2O4/c1-13(2)21(14(3)4)9-8-20-18(22)12-15-10-16(23-5)19(25-7)17(11-15)24-6/h10-11,13-14H,8-9,12H2,1-7H3,(H,20,22). The zero-order valence-corrected chi connectivity index (χ0v) is 16.5. The van der Waals surface area contributed by atoms with Gasteiger partial charge in [-0.25, -0.2) is 0 Å². The van der Waals surface area contributed by atoms with Gasteiger partial charge >= 0.3 is 0 Å². The zero-order chi connectivity index (χ0) is 19.0. The first kappa shape index (κ1) is 21.1. The Kier molecular flexibility index (Phi) is 8.55. The number of ether oxygens (including phenoxy) is 3. The normalized spacial score (nSPS) is 11.1. The Labute approximate surface area is 151 Å². The molecule has 0 spiro atoms. The number of methoxy groups -OCH3 is 3. The topological polar surface area (TPSA) is 60.0 Å². The van der Waals surface area contributed by atoms with Crippen molar-refractivity contribution in [3.05, 3.63) is 17.7 Å². The van der Waals surface area contributed by atoms with Crippen LogP contribution in [0.25, 0.3) is 0 Å². The van der Waals surface area contributed by atoms with Gasteiger partial charge in [0.2, 0.25) is 11.7 Å². The maximum absolute atomic E-state index is 12.2. The summed E-state index contributed by atoms with van der Waals surface area (Å²) in [6.07, 6.45) is 0.264. The van der Waals surface area contributed by atoms with Crippen molar-refractivity contribution in [1.82, 2.24) is 10.2 Å². The molecule has 1 aromatic carbocycles. The number of benzene rings is 1. The van der Waals surface area contributed by atoms with Crippen LogP contribution in [-0.4, -0.2) is 57.3 Å². The van der Waals surface area contributed by atoms with Crippen molar-refractivity contribution in [2.75, 3.05) is 34.4 Å². The van der Waals surface area contributed by atoms with Crippen molar-refractivity contribution >= 4 is 5.91 Å². The summed E-state index contributed by atoms with van der Waals surface area (Å²) in [5.41, 5.74) is 0.816. The van der Waals surface area contributed by atoms with Crippen LogP contribution in [0.3, 0.4) is 0 Å². The number of carbonyl (C=O) groups is 1. The zero-order valence-electron chi connectivity index (χ0n) is 16.5. The Morgan fingerprint density at radius 2 is 1.52 bits per heavy atom. The Morgan fingerprint density at radius 3 is 1.92 bits per heavy atom. The molecule has 0 aliphatic rings. The lowest BCUT2D eigenvalue weighted by Crippen LogP contribution is -2.42. The lowest BCUT2D eigenvalue weighted by Gasteiger charge is -2.30. The molecule has 25 heavy (non-hydrogen) atoms. The van der Waals surface area contributed by atoms with Crippen LogP contribution in [0.1, 0.15) is 33.3 Å². The van der Waals surface area contributed by atoms with Gasteiger partial charge in [-0.05, 0) is 45.4 Å². The number of hydrogen-bond acceptors (Lipinski definition) is 5. The van der Waals surface area contributed by atoms with Gasteiger partial charge in [0.05, 0.1) is 27.8 Å². The Bertz CT molecular complexity index is 525. The molecule has 1 aromatic rings. The molecular weight excluding hydrogens is 320 g/mol. The van der Waals surface area contributed by atoms with Crippen molar-refractivity contribution in [2.24, 2.45) is 0 Å². The highest BCUT2D eigenvalue weighted by Crippen LogP contribution is 2.38. The first-order chi connectivity index (χ1) is 11.8. The van der Waals surface area contributed by atoms with Crippen LogP contribution in [-0.2, 0) is 11.2 Å². The summed E-state index contributed by atoms with van der Waals surface area (Å²) in [5.74, 6) is 1.60. The molecule has 6 heteroatoms. The molecule has 0 saturated heterocycles. The van der Waals surface area contributed by atoms with Gasteiger partial charge < -0.3 is 19.5 Å². The maximum Gasteiger partial charge on any atom is 0.224 e. The van der Waals surface area contributed by atoms with Gasteiger partial charge in [0, 0.05) is 25.2 Å². The molecule has 0 aromatic heterocycles. The predicted molar refractivity (Wildman–Crippen MR) is 99.8 cm³/mol. The minimum Gasteiger partial charge on any atom is -0.493 e. The highest BCUT2D eigenvalue weighted by atomic mass is 16.5. The molecule has 0 aliphatic heterocycles. The maximum atomic E-state index is 12.2. The van der Waals surface area contributed by atoms with E-state index in [9.17, 15) is 4.79 Å². The van der Waals surface area contributed by atoms with E-state index in [1.807, 2.05) is 0 Å². The van der Waals surface area contributed by atoms with E-state index < -0.39 is 0 Å². The molecule has 142 valence electrons. The van der Waals surface area contributed by atoms with Crippen LogP contribution in [0.2, 0.25) is 0 Å². The molecule has 0 aliphatic carbocycles. The monoisotopic (exact) mass is 352 g/mol. The first-order valence-corrected chi connectivity index (χ1v) is 8.65. The number of hydrogen-bond donors (Lipinski definition) is 1. The van der Waals surface area contributed by atoms with Gasteiger partial charge in [0.1, 0.15) is 0 Å². The number of nitrogens with zero attached hydrogens (tertiary/aromatic N) is 1. The summed E-state index contributed by atoms with van der Waals surface area (Å²) in [6.45, 7) is 10.1. The molecule has 0 heterocycles. The second kappa shape index (κ2) is 10.1. The van der Waals surface area contributed by atoms with Crippen LogP contribution in [0.5, 0.6) is 17.2 Å². The minimum atomic E-state index is -0.0262. The van der Waals surface area contributed by atoms with Gasteiger partial charge in [-0.1, -0.05) is 0 Å². The summed E-state index contributed by atoms with van der Waals surface area (Å²) in [6, 6.07) is 4.50. The molecule has 0 radical (unpaired) electrons. The van der Waals surface area contributed by atoms with Crippen molar-refractivity contribution in [1.29, 1.82) is 0 Å².